The lowest BCUT2D eigenvalue weighted by Gasteiger charge is -2.11. The number of alkyl halides is 1. The van der Waals surface area contributed by atoms with Gasteiger partial charge in [-0.1, -0.05) is 66.6 Å². The maximum absolute atomic E-state index is 10.8. The molecule has 0 spiro atoms. The number of carbonyl (C=O) groups excluding carboxylic acids is 1. The number of halogens is 1. The van der Waals surface area contributed by atoms with E-state index >= 15 is 0 Å². The lowest BCUT2D eigenvalue weighted by molar-refractivity contribution is 0.112. The van der Waals surface area contributed by atoms with Crippen LogP contribution in [0.3, 0.4) is 0 Å². The van der Waals surface area contributed by atoms with Crippen molar-refractivity contribution in [3.63, 3.8) is 0 Å². The Bertz CT molecular complexity index is 296. The van der Waals surface area contributed by atoms with Crippen LogP contribution >= 0.6 is 22.6 Å². The van der Waals surface area contributed by atoms with Gasteiger partial charge in [0.2, 0.25) is 0 Å². The van der Waals surface area contributed by atoms with Crippen LogP contribution in [-0.4, -0.2) is 6.29 Å². The molecule has 1 nitrogen and oxygen atoms in total. The number of unbranched alkanes of at least 4 members (excludes halogenated alkanes) is 1. The molecular weight excluding hydrogens is 287 g/mol. The Morgan fingerprint density at radius 3 is 2.79 bits per heavy atom. The molecule has 0 N–H and O–H groups in total. The number of aldehydes is 1. The van der Waals surface area contributed by atoms with Gasteiger partial charge >= 0.3 is 0 Å². The standard InChI is InChI=1S/C12H15IO/c1-2-3-8-12(13)11-7-5-4-6-10(11)9-14/h4-7,9,12H,2-3,8H2,1H3. The summed E-state index contributed by atoms with van der Waals surface area (Å²) in [6.45, 7) is 2.19. The molecule has 0 aliphatic heterocycles. The molecular formula is C12H15IO. The molecule has 0 bridgehead atoms. The van der Waals surface area contributed by atoms with E-state index < -0.39 is 0 Å². The minimum absolute atomic E-state index is 0.467. The third kappa shape index (κ3) is 3.08. The van der Waals surface area contributed by atoms with Gasteiger partial charge in [-0.2, -0.15) is 0 Å². The van der Waals surface area contributed by atoms with Crippen LogP contribution in [0.5, 0.6) is 0 Å². The summed E-state index contributed by atoms with van der Waals surface area (Å²) >= 11 is 2.42. The molecule has 0 aliphatic rings. The molecule has 14 heavy (non-hydrogen) atoms. The highest BCUT2D eigenvalue weighted by Crippen LogP contribution is 2.30. The van der Waals surface area contributed by atoms with E-state index in [1.165, 1.54) is 18.4 Å². The highest BCUT2D eigenvalue weighted by Gasteiger charge is 2.10. The Labute approximate surface area is 99.0 Å². The molecule has 0 radical (unpaired) electrons. The predicted octanol–water partition coefficient (Wildman–Crippen LogP) is 4.17. The average Bonchev–Trinajstić information content (AvgIpc) is 2.25. The van der Waals surface area contributed by atoms with Crippen molar-refractivity contribution in [2.75, 3.05) is 0 Å². The molecule has 0 saturated heterocycles. The van der Waals surface area contributed by atoms with Crippen LogP contribution in [-0.2, 0) is 0 Å². The van der Waals surface area contributed by atoms with E-state index in [1.807, 2.05) is 18.2 Å². The maximum atomic E-state index is 10.8. The van der Waals surface area contributed by atoms with Crippen molar-refractivity contribution in [3.8, 4) is 0 Å². The van der Waals surface area contributed by atoms with E-state index in [-0.39, 0.29) is 0 Å². The van der Waals surface area contributed by atoms with Crippen molar-refractivity contribution >= 4 is 28.9 Å². The van der Waals surface area contributed by atoms with E-state index in [0.29, 0.717) is 3.92 Å². The molecule has 0 heterocycles. The molecule has 0 aromatic heterocycles. The zero-order valence-electron chi connectivity index (χ0n) is 8.37. The largest absolute Gasteiger partial charge is 0.298 e. The van der Waals surface area contributed by atoms with Crippen molar-refractivity contribution in [1.82, 2.24) is 0 Å². The summed E-state index contributed by atoms with van der Waals surface area (Å²) < 4.78 is 0.467. The second kappa shape index (κ2) is 6.17. The Morgan fingerprint density at radius 2 is 2.14 bits per heavy atom. The second-order valence-electron chi connectivity index (χ2n) is 3.36. The topological polar surface area (TPSA) is 17.1 Å². The van der Waals surface area contributed by atoms with E-state index in [9.17, 15) is 4.79 Å². The fraction of sp³-hybridized carbons (Fsp3) is 0.417. The number of hydrogen-bond acceptors (Lipinski definition) is 1. The average molecular weight is 302 g/mol. The molecule has 0 saturated carbocycles. The highest BCUT2D eigenvalue weighted by atomic mass is 127. The van der Waals surface area contributed by atoms with E-state index in [4.69, 9.17) is 0 Å². The molecule has 1 aromatic carbocycles. The quantitative estimate of drug-likeness (QED) is 0.453. The van der Waals surface area contributed by atoms with Gasteiger partial charge in [-0.15, -0.1) is 0 Å². The first kappa shape index (κ1) is 11.7. The first-order valence-corrected chi connectivity index (χ1v) is 6.22. The number of carbonyl (C=O) groups is 1. The number of hydrogen-bond donors (Lipinski definition) is 0. The summed E-state index contributed by atoms with van der Waals surface area (Å²) in [5.74, 6) is 0. The Morgan fingerprint density at radius 1 is 1.43 bits per heavy atom. The van der Waals surface area contributed by atoms with Crippen LogP contribution < -0.4 is 0 Å². The molecule has 1 aromatic rings. The Balaban J connectivity index is 2.77. The zero-order chi connectivity index (χ0) is 10.4. The van der Waals surface area contributed by atoms with Crippen LogP contribution in [0, 0.1) is 0 Å². The molecule has 2 heteroatoms. The first-order chi connectivity index (χ1) is 6.79. The summed E-state index contributed by atoms with van der Waals surface area (Å²) in [6, 6.07) is 7.85. The van der Waals surface area contributed by atoms with Crippen LogP contribution in [0.2, 0.25) is 0 Å². The van der Waals surface area contributed by atoms with Gasteiger partial charge < -0.3 is 0 Å². The summed E-state index contributed by atoms with van der Waals surface area (Å²) in [5, 5.41) is 0. The van der Waals surface area contributed by atoms with Gasteiger partial charge in [0.1, 0.15) is 6.29 Å². The molecule has 1 rings (SSSR count). The zero-order valence-corrected chi connectivity index (χ0v) is 10.5. The molecule has 76 valence electrons. The van der Waals surface area contributed by atoms with Crippen molar-refractivity contribution in [2.45, 2.75) is 30.1 Å². The third-order valence-corrected chi connectivity index (χ3v) is 3.57. The highest BCUT2D eigenvalue weighted by molar-refractivity contribution is 14.1. The van der Waals surface area contributed by atoms with Gasteiger partial charge in [0.05, 0.1) is 0 Å². The monoisotopic (exact) mass is 302 g/mol. The van der Waals surface area contributed by atoms with Crippen LogP contribution in [0.25, 0.3) is 0 Å². The SMILES string of the molecule is CCCCC(I)c1ccccc1C=O. The lowest BCUT2D eigenvalue weighted by atomic mass is 10.0. The minimum Gasteiger partial charge on any atom is -0.298 e. The summed E-state index contributed by atoms with van der Waals surface area (Å²) in [4.78, 5) is 10.8. The van der Waals surface area contributed by atoms with Crippen LogP contribution in [0.15, 0.2) is 24.3 Å². The van der Waals surface area contributed by atoms with Crippen molar-refractivity contribution < 1.29 is 4.79 Å². The van der Waals surface area contributed by atoms with Crippen LogP contribution in [0.1, 0.15) is 46.0 Å². The molecule has 0 amide bonds. The predicted molar refractivity (Wildman–Crippen MR) is 68.1 cm³/mol. The number of benzene rings is 1. The van der Waals surface area contributed by atoms with Gasteiger partial charge in [0.25, 0.3) is 0 Å². The smallest absolute Gasteiger partial charge is 0.150 e. The summed E-state index contributed by atoms with van der Waals surface area (Å²) in [5.41, 5.74) is 2.01. The fourth-order valence-corrected chi connectivity index (χ4v) is 2.45. The van der Waals surface area contributed by atoms with Gasteiger partial charge in [-0.25, -0.2) is 0 Å². The second-order valence-corrected chi connectivity index (χ2v) is 4.86. The van der Waals surface area contributed by atoms with Gasteiger partial charge in [0.15, 0.2) is 0 Å². The summed E-state index contributed by atoms with van der Waals surface area (Å²) in [7, 11) is 0. The van der Waals surface area contributed by atoms with Gasteiger partial charge in [-0.05, 0) is 12.0 Å². The van der Waals surface area contributed by atoms with Crippen molar-refractivity contribution in [1.29, 1.82) is 0 Å². The maximum Gasteiger partial charge on any atom is 0.150 e. The van der Waals surface area contributed by atoms with Gasteiger partial charge in [-0.3, -0.25) is 4.79 Å². The minimum atomic E-state index is 0.467. The van der Waals surface area contributed by atoms with Crippen molar-refractivity contribution in [3.05, 3.63) is 35.4 Å². The van der Waals surface area contributed by atoms with Gasteiger partial charge in [0, 0.05) is 9.49 Å². The Kier molecular flexibility index (Phi) is 5.15. The number of rotatable bonds is 5. The fourth-order valence-electron chi connectivity index (χ4n) is 1.44. The Hall–Kier alpha value is -0.380. The molecule has 1 unspecified atom stereocenters. The molecule has 0 aliphatic carbocycles. The molecule has 0 fully saturated rings. The summed E-state index contributed by atoms with van der Waals surface area (Å²) in [6.07, 6.45) is 4.54. The molecule has 1 atom stereocenters. The first-order valence-electron chi connectivity index (χ1n) is 4.97. The third-order valence-electron chi connectivity index (χ3n) is 2.27. The lowest BCUT2D eigenvalue weighted by Crippen LogP contribution is -1.95. The van der Waals surface area contributed by atoms with Crippen molar-refractivity contribution in [2.24, 2.45) is 0 Å². The van der Waals surface area contributed by atoms with Crippen LogP contribution in [0.4, 0.5) is 0 Å². The van der Waals surface area contributed by atoms with E-state index in [1.54, 1.807) is 0 Å². The normalized spacial score (nSPS) is 12.4. The van der Waals surface area contributed by atoms with E-state index in [2.05, 4.69) is 35.6 Å². The van der Waals surface area contributed by atoms with E-state index in [0.717, 1.165) is 18.3 Å².